The van der Waals surface area contributed by atoms with Crippen molar-refractivity contribution in [1.29, 1.82) is 0 Å². The standard InChI is InChI=1S/C15H20N2/c16-10-9-15(7-8-15)6-5-12-11-17-14-4-2-1-3-13(12)14/h1-4,11,17H,5-10,16H2. The van der Waals surface area contributed by atoms with Gasteiger partial charge in [0.25, 0.3) is 0 Å². The molecule has 1 aliphatic carbocycles. The number of H-pyrrole nitrogens is 1. The van der Waals surface area contributed by atoms with Gasteiger partial charge in [-0.3, -0.25) is 0 Å². The van der Waals surface area contributed by atoms with Crippen molar-refractivity contribution in [2.75, 3.05) is 6.54 Å². The maximum Gasteiger partial charge on any atom is 0.0456 e. The Morgan fingerprint density at radius 2 is 2.00 bits per heavy atom. The summed E-state index contributed by atoms with van der Waals surface area (Å²) in [5, 5.41) is 1.39. The molecule has 0 atom stereocenters. The average Bonchev–Trinajstić information content (AvgIpc) is 3.00. The Morgan fingerprint density at radius 3 is 2.76 bits per heavy atom. The maximum atomic E-state index is 5.69. The van der Waals surface area contributed by atoms with Gasteiger partial charge in [0.2, 0.25) is 0 Å². The van der Waals surface area contributed by atoms with Gasteiger partial charge in [-0.2, -0.15) is 0 Å². The number of aromatic nitrogens is 1. The van der Waals surface area contributed by atoms with Crippen LogP contribution in [0.2, 0.25) is 0 Å². The van der Waals surface area contributed by atoms with Crippen LogP contribution < -0.4 is 5.73 Å². The lowest BCUT2D eigenvalue weighted by Gasteiger charge is -2.12. The highest BCUT2D eigenvalue weighted by Gasteiger charge is 2.40. The van der Waals surface area contributed by atoms with Gasteiger partial charge in [-0.15, -0.1) is 0 Å². The molecule has 0 amide bonds. The number of para-hydroxylation sites is 1. The van der Waals surface area contributed by atoms with Crippen LogP contribution in [0.5, 0.6) is 0 Å². The molecule has 1 fully saturated rings. The van der Waals surface area contributed by atoms with E-state index in [1.54, 1.807) is 0 Å². The second kappa shape index (κ2) is 4.19. The van der Waals surface area contributed by atoms with E-state index in [1.807, 2.05) is 0 Å². The monoisotopic (exact) mass is 228 g/mol. The summed E-state index contributed by atoms with van der Waals surface area (Å²) in [7, 11) is 0. The lowest BCUT2D eigenvalue weighted by Crippen LogP contribution is -2.10. The van der Waals surface area contributed by atoms with Crippen LogP contribution in [-0.4, -0.2) is 11.5 Å². The highest BCUT2D eigenvalue weighted by Crippen LogP contribution is 2.52. The van der Waals surface area contributed by atoms with Crippen LogP contribution >= 0.6 is 0 Å². The van der Waals surface area contributed by atoms with E-state index in [0.717, 1.165) is 6.54 Å². The molecule has 2 heteroatoms. The van der Waals surface area contributed by atoms with Gasteiger partial charge < -0.3 is 10.7 Å². The van der Waals surface area contributed by atoms with Crippen molar-refractivity contribution in [3.63, 3.8) is 0 Å². The smallest absolute Gasteiger partial charge is 0.0456 e. The molecule has 3 N–H and O–H groups in total. The molecule has 1 aliphatic rings. The fraction of sp³-hybridized carbons (Fsp3) is 0.467. The molecule has 0 aliphatic heterocycles. The van der Waals surface area contributed by atoms with Crippen molar-refractivity contribution < 1.29 is 0 Å². The summed E-state index contributed by atoms with van der Waals surface area (Å²) in [5.41, 5.74) is 9.00. The van der Waals surface area contributed by atoms with E-state index < -0.39 is 0 Å². The molecule has 1 heterocycles. The van der Waals surface area contributed by atoms with Crippen LogP contribution in [0.25, 0.3) is 10.9 Å². The Hall–Kier alpha value is -1.28. The quantitative estimate of drug-likeness (QED) is 0.810. The number of benzene rings is 1. The first kappa shape index (κ1) is 10.8. The Kier molecular flexibility index (Phi) is 2.67. The molecule has 3 rings (SSSR count). The van der Waals surface area contributed by atoms with Gasteiger partial charge in [0, 0.05) is 17.1 Å². The summed E-state index contributed by atoms with van der Waals surface area (Å²) in [6.45, 7) is 0.841. The van der Waals surface area contributed by atoms with Gasteiger partial charge in [-0.25, -0.2) is 0 Å². The minimum absolute atomic E-state index is 0.590. The molecule has 17 heavy (non-hydrogen) atoms. The lowest BCUT2D eigenvalue weighted by molar-refractivity contribution is 0.436. The third kappa shape index (κ3) is 2.09. The van der Waals surface area contributed by atoms with Gasteiger partial charge in [-0.1, -0.05) is 18.2 Å². The average molecular weight is 228 g/mol. The van der Waals surface area contributed by atoms with Crippen molar-refractivity contribution in [2.45, 2.75) is 32.1 Å². The number of hydrogen-bond donors (Lipinski definition) is 2. The van der Waals surface area contributed by atoms with E-state index >= 15 is 0 Å². The normalized spacial score (nSPS) is 17.5. The predicted octanol–water partition coefficient (Wildman–Crippen LogP) is 3.23. The lowest BCUT2D eigenvalue weighted by atomic mass is 9.93. The van der Waals surface area contributed by atoms with Crippen molar-refractivity contribution in [3.05, 3.63) is 36.0 Å². The Labute approximate surface area is 102 Å². The third-order valence-corrected chi connectivity index (χ3v) is 4.23. The molecule has 0 saturated heterocycles. The van der Waals surface area contributed by atoms with Crippen LogP contribution in [-0.2, 0) is 6.42 Å². The second-order valence-corrected chi connectivity index (χ2v) is 5.40. The van der Waals surface area contributed by atoms with Crippen LogP contribution in [0.3, 0.4) is 0 Å². The molecule has 0 bridgehead atoms. The molecular formula is C15H20N2. The highest BCUT2D eigenvalue weighted by atomic mass is 14.7. The molecule has 0 spiro atoms. The van der Waals surface area contributed by atoms with Crippen molar-refractivity contribution in [3.8, 4) is 0 Å². The number of nitrogens with one attached hydrogen (secondary N) is 1. The van der Waals surface area contributed by atoms with Crippen LogP contribution in [0.1, 0.15) is 31.2 Å². The molecule has 1 aromatic carbocycles. The van der Waals surface area contributed by atoms with E-state index in [-0.39, 0.29) is 0 Å². The van der Waals surface area contributed by atoms with E-state index in [4.69, 9.17) is 5.73 Å². The number of hydrogen-bond acceptors (Lipinski definition) is 1. The van der Waals surface area contributed by atoms with Gasteiger partial charge >= 0.3 is 0 Å². The predicted molar refractivity (Wildman–Crippen MR) is 72.0 cm³/mol. The molecule has 0 unspecified atom stereocenters. The van der Waals surface area contributed by atoms with E-state index in [0.29, 0.717) is 5.41 Å². The fourth-order valence-electron chi connectivity index (χ4n) is 2.85. The molecule has 90 valence electrons. The van der Waals surface area contributed by atoms with E-state index in [1.165, 1.54) is 48.6 Å². The van der Waals surface area contributed by atoms with Gasteiger partial charge in [0.05, 0.1) is 0 Å². The Bertz CT molecular complexity index is 508. The Morgan fingerprint density at radius 1 is 1.18 bits per heavy atom. The number of aryl methyl sites for hydroxylation is 1. The number of rotatable bonds is 5. The zero-order chi connectivity index (χ0) is 11.7. The summed E-state index contributed by atoms with van der Waals surface area (Å²) in [6.07, 6.45) is 8.62. The first-order chi connectivity index (χ1) is 8.33. The first-order valence-corrected chi connectivity index (χ1v) is 6.58. The molecule has 1 saturated carbocycles. The summed E-state index contributed by atoms with van der Waals surface area (Å²) in [4.78, 5) is 3.35. The molecule has 0 radical (unpaired) electrons. The summed E-state index contributed by atoms with van der Waals surface area (Å²) < 4.78 is 0. The van der Waals surface area contributed by atoms with Crippen molar-refractivity contribution in [2.24, 2.45) is 11.1 Å². The minimum atomic E-state index is 0.590. The second-order valence-electron chi connectivity index (χ2n) is 5.40. The maximum absolute atomic E-state index is 5.69. The SMILES string of the molecule is NCCC1(CCc2c[nH]c3ccccc23)CC1. The number of aromatic amines is 1. The Balaban J connectivity index is 1.73. The molecule has 1 aromatic heterocycles. The van der Waals surface area contributed by atoms with Gasteiger partial charge in [-0.05, 0) is 55.7 Å². The fourth-order valence-corrected chi connectivity index (χ4v) is 2.85. The summed E-state index contributed by atoms with van der Waals surface area (Å²) in [6, 6.07) is 8.56. The van der Waals surface area contributed by atoms with E-state index in [2.05, 4.69) is 35.4 Å². The van der Waals surface area contributed by atoms with Crippen molar-refractivity contribution >= 4 is 10.9 Å². The number of nitrogens with two attached hydrogens (primary N) is 1. The molecular weight excluding hydrogens is 208 g/mol. The third-order valence-electron chi connectivity index (χ3n) is 4.23. The summed E-state index contributed by atoms with van der Waals surface area (Å²) >= 11 is 0. The zero-order valence-electron chi connectivity index (χ0n) is 10.2. The molecule has 2 aromatic rings. The van der Waals surface area contributed by atoms with E-state index in [9.17, 15) is 0 Å². The van der Waals surface area contributed by atoms with Crippen molar-refractivity contribution in [1.82, 2.24) is 4.98 Å². The number of fused-ring (bicyclic) bond motifs is 1. The van der Waals surface area contributed by atoms with Crippen LogP contribution in [0, 0.1) is 5.41 Å². The summed E-state index contributed by atoms with van der Waals surface area (Å²) in [5.74, 6) is 0. The topological polar surface area (TPSA) is 41.8 Å². The largest absolute Gasteiger partial charge is 0.361 e. The molecule has 2 nitrogen and oxygen atoms in total. The highest BCUT2D eigenvalue weighted by molar-refractivity contribution is 5.83. The van der Waals surface area contributed by atoms with Gasteiger partial charge in [0.15, 0.2) is 0 Å². The minimum Gasteiger partial charge on any atom is -0.361 e. The zero-order valence-corrected chi connectivity index (χ0v) is 10.2. The van der Waals surface area contributed by atoms with Crippen LogP contribution in [0.4, 0.5) is 0 Å². The van der Waals surface area contributed by atoms with Gasteiger partial charge in [0.1, 0.15) is 0 Å². The first-order valence-electron chi connectivity index (χ1n) is 6.58. The van der Waals surface area contributed by atoms with Crippen LogP contribution in [0.15, 0.2) is 30.5 Å².